The van der Waals surface area contributed by atoms with Crippen LogP contribution in [0, 0.1) is 0 Å². The summed E-state index contributed by atoms with van der Waals surface area (Å²) < 4.78 is 0. The molecule has 0 saturated carbocycles. The molecule has 1 aromatic carbocycles. The molecule has 0 fully saturated rings. The number of hydrogen-bond donors (Lipinski definition) is 2. The highest BCUT2D eigenvalue weighted by molar-refractivity contribution is 5.92. The van der Waals surface area contributed by atoms with E-state index in [2.05, 4.69) is 68.7 Å². The highest BCUT2D eigenvalue weighted by atomic mass is 15.0. The molecule has 0 saturated heterocycles. The van der Waals surface area contributed by atoms with Crippen LogP contribution in [0.1, 0.15) is 39.8 Å². The summed E-state index contributed by atoms with van der Waals surface area (Å²) in [6.45, 7) is 10.5. The van der Waals surface area contributed by atoms with Crippen molar-refractivity contribution >= 4 is 16.6 Å². The zero-order chi connectivity index (χ0) is 14.6. The van der Waals surface area contributed by atoms with E-state index in [4.69, 9.17) is 4.98 Å². The molecule has 2 aromatic rings. The van der Waals surface area contributed by atoms with Gasteiger partial charge >= 0.3 is 0 Å². The minimum absolute atomic E-state index is 0.00520. The van der Waals surface area contributed by atoms with Crippen LogP contribution in [0.25, 0.3) is 10.8 Å². The molecule has 2 rings (SSSR count). The van der Waals surface area contributed by atoms with Crippen LogP contribution in [-0.4, -0.2) is 17.1 Å². The molecule has 0 aliphatic heterocycles. The summed E-state index contributed by atoms with van der Waals surface area (Å²) in [5.41, 5.74) is 1.09. The van der Waals surface area contributed by atoms with Gasteiger partial charge in [-0.1, -0.05) is 31.2 Å². The number of hydrogen-bond acceptors (Lipinski definition) is 3. The van der Waals surface area contributed by atoms with Gasteiger partial charge in [0, 0.05) is 17.5 Å². The Morgan fingerprint density at radius 2 is 1.90 bits per heavy atom. The van der Waals surface area contributed by atoms with Crippen molar-refractivity contribution in [3.05, 3.63) is 36.0 Å². The number of pyridine rings is 1. The lowest BCUT2D eigenvalue weighted by molar-refractivity contribution is 0.628. The minimum Gasteiger partial charge on any atom is -0.365 e. The third-order valence-corrected chi connectivity index (χ3v) is 3.02. The first-order chi connectivity index (χ1) is 9.49. The zero-order valence-electron chi connectivity index (χ0n) is 13.0. The van der Waals surface area contributed by atoms with Crippen molar-refractivity contribution in [3.8, 4) is 0 Å². The van der Waals surface area contributed by atoms with Gasteiger partial charge in [0.05, 0.1) is 5.69 Å². The molecule has 3 nitrogen and oxygen atoms in total. The first kappa shape index (κ1) is 14.8. The van der Waals surface area contributed by atoms with Crippen LogP contribution in [-0.2, 0) is 6.54 Å². The van der Waals surface area contributed by atoms with Gasteiger partial charge in [-0.15, -0.1) is 0 Å². The van der Waals surface area contributed by atoms with E-state index in [1.165, 1.54) is 10.8 Å². The molecule has 0 atom stereocenters. The number of aromatic nitrogens is 1. The summed E-state index contributed by atoms with van der Waals surface area (Å²) in [6.07, 6.45) is 1.14. The van der Waals surface area contributed by atoms with Crippen LogP contribution in [0.15, 0.2) is 30.3 Å². The lowest BCUT2D eigenvalue weighted by Crippen LogP contribution is -2.27. The van der Waals surface area contributed by atoms with Crippen LogP contribution >= 0.6 is 0 Å². The van der Waals surface area contributed by atoms with Gasteiger partial charge in [-0.2, -0.15) is 0 Å². The summed E-state index contributed by atoms with van der Waals surface area (Å²) in [5.74, 6) is 0.976. The molecule has 2 N–H and O–H groups in total. The first-order valence-electron chi connectivity index (χ1n) is 7.37. The standard InChI is InChI=1S/C17H25N3/c1-5-10-18-12-14-11-13-8-6-7-9-15(13)16(19-14)20-17(2,3)4/h6-9,11,18H,5,10,12H2,1-4H3,(H,19,20). The van der Waals surface area contributed by atoms with Gasteiger partial charge in [-0.05, 0) is 45.2 Å². The monoisotopic (exact) mass is 271 g/mol. The molecule has 3 heteroatoms. The fraction of sp³-hybridized carbons (Fsp3) is 0.471. The molecule has 0 amide bonds. The molecule has 0 aliphatic carbocycles. The van der Waals surface area contributed by atoms with Gasteiger partial charge in [0.25, 0.3) is 0 Å². The van der Waals surface area contributed by atoms with Crippen LogP contribution in [0.4, 0.5) is 5.82 Å². The summed E-state index contributed by atoms with van der Waals surface area (Å²) in [5, 5.41) is 9.35. The average Bonchev–Trinajstić information content (AvgIpc) is 2.37. The number of nitrogens with one attached hydrogen (secondary N) is 2. The average molecular weight is 271 g/mol. The van der Waals surface area contributed by atoms with Crippen LogP contribution in [0.3, 0.4) is 0 Å². The van der Waals surface area contributed by atoms with Gasteiger partial charge in [0.2, 0.25) is 0 Å². The van der Waals surface area contributed by atoms with Gasteiger partial charge < -0.3 is 10.6 Å². The van der Waals surface area contributed by atoms with Crippen LogP contribution < -0.4 is 10.6 Å². The maximum Gasteiger partial charge on any atom is 0.134 e. The quantitative estimate of drug-likeness (QED) is 0.809. The molecule has 0 spiro atoms. The van der Waals surface area contributed by atoms with E-state index in [1.807, 2.05) is 0 Å². The fourth-order valence-corrected chi connectivity index (χ4v) is 2.19. The summed E-state index contributed by atoms with van der Waals surface area (Å²) in [4.78, 5) is 4.78. The molecule has 20 heavy (non-hydrogen) atoms. The van der Waals surface area contributed by atoms with E-state index >= 15 is 0 Å². The summed E-state index contributed by atoms with van der Waals surface area (Å²) in [6, 6.07) is 10.6. The molecular weight excluding hydrogens is 246 g/mol. The second-order valence-electron chi connectivity index (χ2n) is 6.24. The van der Waals surface area contributed by atoms with E-state index in [0.29, 0.717) is 0 Å². The van der Waals surface area contributed by atoms with E-state index in [9.17, 15) is 0 Å². The predicted octanol–water partition coefficient (Wildman–Crippen LogP) is 3.94. The van der Waals surface area contributed by atoms with Crippen molar-refractivity contribution < 1.29 is 0 Å². The van der Waals surface area contributed by atoms with Crippen molar-refractivity contribution in [2.75, 3.05) is 11.9 Å². The van der Waals surface area contributed by atoms with E-state index < -0.39 is 0 Å². The molecule has 0 bridgehead atoms. The smallest absolute Gasteiger partial charge is 0.134 e. The zero-order valence-corrected chi connectivity index (χ0v) is 13.0. The second-order valence-corrected chi connectivity index (χ2v) is 6.24. The van der Waals surface area contributed by atoms with Crippen LogP contribution in [0.2, 0.25) is 0 Å². The van der Waals surface area contributed by atoms with E-state index in [1.54, 1.807) is 0 Å². The van der Waals surface area contributed by atoms with Gasteiger partial charge in [0.15, 0.2) is 0 Å². The topological polar surface area (TPSA) is 37.0 Å². The van der Waals surface area contributed by atoms with Crippen molar-refractivity contribution in [1.82, 2.24) is 10.3 Å². The molecule has 0 radical (unpaired) electrons. The summed E-state index contributed by atoms with van der Waals surface area (Å²) in [7, 11) is 0. The Labute approximate surface area is 121 Å². The largest absolute Gasteiger partial charge is 0.365 e. The Kier molecular flexibility index (Phi) is 4.61. The third-order valence-electron chi connectivity index (χ3n) is 3.02. The minimum atomic E-state index is 0.00520. The third kappa shape index (κ3) is 3.94. The number of nitrogens with zero attached hydrogens (tertiary/aromatic N) is 1. The van der Waals surface area contributed by atoms with E-state index in [-0.39, 0.29) is 5.54 Å². The van der Waals surface area contributed by atoms with E-state index in [0.717, 1.165) is 31.0 Å². The van der Waals surface area contributed by atoms with Crippen molar-refractivity contribution in [2.24, 2.45) is 0 Å². The fourth-order valence-electron chi connectivity index (χ4n) is 2.19. The normalized spacial score (nSPS) is 11.8. The van der Waals surface area contributed by atoms with Gasteiger partial charge in [-0.3, -0.25) is 0 Å². The first-order valence-corrected chi connectivity index (χ1v) is 7.37. The number of fused-ring (bicyclic) bond motifs is 1. The highest BCUT2D eigenvalue weighted by Gasteiger charge is 2.13. The van der Waals surface area contributed by atoms with Gasteiger partial charge in [-0.25, -0.2) is 4.98 Å². The molecule has 1 aromatic heterocycles. The highest BCUT2D eigenvalue weighted by Crippen LogP contribution is 2.25. The SMILES string of the molecule is CCCNCc1cc2ccccc2c(NC(C)(C)C)n1. The number of anilines is 1. The Hall–Kier alpha value is -1.61. The predicted molar refractivity (Wildman–Crippen MR) is 87.1 cm³/mol. The Morgan fingerprint density at radius 3 is 2.60 bits per heavy atom. The number of rotatable bonds is 5. The summed E-state index contributed by atoms with van der Waals surface area (Å²) >= 11 is 0. The molecule has 0 unspecified atom stereocenters. The maximum absolute atomic E-state index is 4.78. The van der Waals surface area contributed by atoms with Gasteiger partial charge in [0.1, 0.15) is 5.82 Å². The van der Waals surface area contributed by atoms with Crippen LogP contribution in [0.5, 0.6) is 0 Å². The Morgan fingerprint density at radius 1 is 1.15 bits per heavy atom. The van der Waals surface area contributed by atoms with Crippen molar-refractivity contribution in [2.45, 2.75) is 46.2 Å². The van der Waals surface area contributed by atoms with Crippen molar-refractivity contribution in [3.63, 3.8) is 0 Å². The maximum atomic E-state index is 4.78. The molecule has 0 aliphatic rings. The lowest BCUT2D eigenvalue weighted by atomic mass is 10.1. The number of benzene rings is 1. The van der Waals surface area contributed by atoms with Crippen molar-refractivity contribution in [1.29, 1.82) is 0 Å². The molecule has 108 valence electrons. The lowest BCUT2D eigenvalue weighted by Gasteiger charge is -2.23. The second kappa shape index (κ2) is 6.23. The molecule has 1 heterocycles. The molecular formula is C17H25N3. The Bertz CT molecular complexity index is 570. The Balaban J connectivity index is 2.36.